The normalized spacial score (nSPS) is 11.6. The summed E-state index contributed by atoms with van der Waals surface area (Å²) in [6, 6.07) is 58.5. The molecular formula is C42H27NO. The maximum Gasteiger partial charge on any atom is 0.143 e. The SMILES string of the molecule is c1ccc(N(c2ccc(-c3cccc4c3oc3ccccc34)cc2)c2cc3c4ccccc4ccc3c3ccccc23)cc1. The Morgan fingerprint density at radius 1 is 0.386 bits per heavy atom. The molecule has 8 aromatic carbocycles. The predicted octanol–water partition coefficient (Wildman–Crippen LogP) is 12.2. The van der Waals surface area contributed by atoms with Gasteiger partial charge in [0.25, 0.3) is 0 Å². The quantitative estimate of drug-likeness (QED) is 0.199. The molecule has 0 unspecified atom stereocenters. The number of anilines is 3. The zero-order valence-electron chi connectivity index (χ0n) is 23.9. The smallest absolute Gasteiger partial charge is 0.143 e. The Labute approximate surface area is 255 Å². The first-order chi connectivity index (χ1) is 21.8. The van der Waals surface area contributed by atoms with Gasteiger partial charge in [0.2, 0.25) is 0 Å². The molecule has 0 saturated heterocycles. The zero-order chi connectivity index (χ0) is 29.0. The summed E-state index contributed by atoms with van der Waals surface area (Å²) in [5.74, 6) is 0. The molecule has 0 aliphatic rings. The van der Waals surface area contributed by atoms with Gasteiger partial charge in [-0.05, 0) is 68.9 Å². The Morgan fingerprint density at radius 3 is 1.86 bits per heavy atom. The third-order valence-electron chi connectivity index (χ3n) is 8.84. The summed E-state index contributed by atoms with van der Waals surface area (Å²) < 4.78 is 6.37. The van der Waals surface area contributed by atoms with Crippen molar-refractivity contribution in [2.45, 2.75) is 0 Å². The van der Waals surface area contributed by atoms with Crippen LogP contribution in [0.5, 0.6) is 0 Å². The molecule has 0 N–H and O–H groups in total. The van der Waals surface area contributed by atoms with Crippen LogP contribution in [0.1, 0.15) is 0 Å². The van der Waals surface area contributed by atoms with Gasteiger partial charge in [-0.15, -0.1) is 0 Å². The number of hydrogen-bond donors (Lipinski definition) is 0. The lowest BCUT2D eigenvalue weighted by Crippen LogP contribution is -2.10. The van der Waals surface area contributed by atoms with Crippen LogP contribution < -0.4 is 4.90 Å². The van der Waals surface area contributed by atoms with Crippen molar-refractivity contribution in [1.29, 1.82) is 0 Å². The van der Waals surface area contributed by atoms with Crippen molar-refractivity contribution in [2.24, 2.45) is 0 Å². The first-order valence-electron chi connectivity index (χ1n) is 15.0. The Bertz CT molecular complexity index is 2490. The fourth-order valence-corrected chi connectivity index (χ4v) is 6.80. The number of benzene rings is 8. The average molecular weight is 562 g/mol. The number of nitrogens with zero attached hydrogens (tertiary/aromatic N) is 1. The molecule has 1 heterocycles. The maximum absolute atomic E-state index is 6.37. The summed E-state index contributed by atoms with van der Waals surface area (Å²) in [5, 5.41) is 9.79. The van der Waals surface area contributed by atoms with E-state index in [-0.39, 0.29) is 0 Å². The first kappa shape index (κ1) is 24.7. The average Bonchev–Trinajstić information content (AvgIpc) is 3.48. The number of furan rings is 1. The molecule has 0 saturated carbocycles. The summed E-state index contributed by atoms with van der Waals surface area (Å²) >= 11 is 0. The molecule has 2 heteroatoms. The molecule has 0 aliphatic heterocycles. The first-order valence-corrected chi connectivity index (χ1v) is 15.0. The van der Waals surface area contributed by atoms with Crippen molar-refractivity contribution >= 4 is 71.3 Å². The van der Waals surface area contributed by atoms with Crippen LogP contribution in [0.15, 0.2) is 168 Å². The second kappa shape index (κ2) is 9.86. The Balaban J connectivity index is 1.26. The van der Waals surface area contributed by atoms with Crippen LogP contribution in [0, 0.1) is 0 Å². The number of para-hydroxylation sites is 3. The summed E-state index contributed by atoms with van der Waals surface area (Å²) in [4.78, 5) is 2.38. The van der Waals surface area contributed by atoms with Gasteiger partial charge in [-0.1, -0.05) is 127 Å². The second-order valence-electron chi connectivity index (χ2n) is 11.3. The van der Waals surface area contributed by atoms with Crippen molar-refractivity contribution in [1.82, 2.24) is 0 Å². The number of rotatable bonds is 4. The highest BCUT2D eigenvalue weighted by atomic mass is 16.3. The Kier molecular flexibility index (Phi) is 5.54. The fourth-order valence-electron chi connectivity index (χ4n) is 6.80. The Hall–Kier alpha value is -5.86. The van der Waals surface area contributed by atoms with Gasteiger partial charge in [0.05, 0.1) is 5.69 Å². The van der Waals surface area contributed by atoms with Gasteiger partial charge < -0.3 is 9.32 Å². The largest absolute Gasteiger partial charge is 0.455 e. The van der Waals surface area contributed by atoms with Crippen molar-refractivity contribution < 1.29 is 4.42 Å². The molecular weight excluding hydrogens is 534 g/mol. The fraction of sp³-hybridized carbons (Fsp3) is 0. The molecule has 0 amide bonds. The standard InChI is InChI=1S/C42H27NO/c1-2-12-30(13-3-1)43(40-27-39-32-14-5-4-11-28(32)23-26-35(39)34-15-6-7-16-36(34)40)31-24-21-29(22-25-31)33-18-10-19-38-37-17-8-9-20-41(37)44-42(33)38/h1-27H. The minimum atomic E-state index is 0.914. The third kappa shape index (κ3) is 3.82. The van der Waals surface area contributed by atoms with E-state index in [1.54, 1.807) is 0 Å². The Morgan fingerprint density at radius 2 is 1.02 bits per heavy atom. The van der Waals surface area contributed by atoms with E-state index in [1.807, 2.05) is 12.1 Å². The molecule has 9 rings (SSSR count). The molecule has 2 nitrogen and oxygen atoms in total. The summed E-state index contributed by atoms with van der Waals surface area (Å²) in [7, 11) is 0. The van der Waals surface area contributed by atoms with E-state index in [2.05, 4.69) is 157 Å². The summed E-state index contributed by atoms with van der Waals surface area (Å²) in [6.07, 6.45) is 0. The third-order valence-corrected chi connectivity index (χ3v) is 8.84. The lowest BCUT2D eigenvalue weighted by atomic mass is 9.95. The topological polar surface area (TPSA) is 16.4 Å². The zero-order valence-corrected chi connectivity index (χ0v) is 23.9. The van der Waals surface area contributed by atoms with Crippen molar-refractivity contribution in [3.8, 4) is 11.1 Å². The van der Waals surface area contributed by atoms with E-state index >= 15 is 0 Å². The highest BCUT2D eigenvalue weighted by molar-refractivity contribution is 6.21. The van der Waals surface area contributed by atoms with E-state index in [0.29, 0.717) is 0 Å². The van der Waals surface area contributed by atoms with Crippen LogP contribution in [0.3, 0.4) is 0 Å². The molecule has 44 heavy (non-hydrogen) atoms. The minimum Gasteiger partial charge on any atom is -0.455 e. The molecule has 0 bridgehead atoms. The van der Waals surface area contributed by atoms with Gasteiger partial charge in [-0.3, -0.25) is 0 Å². The highest BCUT2D eigenvalue weighted by Crippen LogP contribution is 2.44. The number of hydrogen-bond acceptors (Lipinski definition) is 2. The van der Waals surface area contributed by atoms with Crippen LogP contribution in [0.2, 0.25) is 0 Å². The van der Waals surface area contributed by atoms with Gasteiger partial charge in [-0.2, -0.15) is 0 Å². The molecule has 0 aliphatic carbocycles. The van der Waals surface area contributed by atoms with Gasteiger partial charge in [0.1, 0.15) is 11.2 Å². The minimum absolute atomic E-state index is 0.914. The molecule has 1 aromatic heterocycles. The van der Waals surface area contributed by atoms with Gasteiger partial charge in [0, 0.05) is 33.1 Å². The molecule has 0 fully saturated rings. The molecule has 9 aromatic rings. The van der Waals surface area contributed by atoms with Crippen molar-refractivity contribution in [3.63, 3.8) is 0 Å². The van der Waals surface area contributed by atoms with Gasteiger partial charge in [0.15, 0.2) is 0 Å². The van der Waals surface area contributed by atoms with Gasteiger partial charge >= 0.3 is 0 Å². The van der Waals surface area contributed by atoms with Gasteiger partial charge in [-0.25, -0.2) is 0 Å². The van der Waals surface area contributed by atoms with Crippen LogP contribution in [0.25, 0.3) is 65.4 Å². The van der Waals surface area contributed by atoms with E-state index in [0.717, 1.165) is 50.1 Å². The predicted molar refractivity (Wildman–Crippen MR) is 186 cm³/mol. The summed E-state index contributed by atoms with van der Waals surface area (Å²) in [6.45, 7) is 0. The second-order valence-corrected chi connectivity index (χ2v) is 11.3. The molecule has 0 spiro atoms. The van der Waals surface area contributed by atoms with Crippen LogP contribution in [-0.2, 0) is 0 Å². The van der Waals surface area contributed by atoms with E-state index in [9.17, 15) is 0 Å². The lowest BCUT2D eigenvalue weighted by molar-refractivity contribution is 0.670. The van der Waals surface area contributed by atoms with Crippen LogP contribution >= 0.6 is 0 Å². The summed E-state index contributed by atoms with van der Waals surface area (Å²) in [5.41, 5.74) is 7.43. The van der Waals surface area contributed by atoms with Crippen molar-refractivity contribution in [3.05, 3.63) is 164 Å². The van der Waals surface area contributed by atoms with E-state index in [1.165, 1.54) is 32.3 Å². The molecule has 0 radical (unpaired) electrons. The molecule has 206 valence electrons. The monoisotopic (exact) mass is 561 g/mol. The molecule has 0 atom stereocenters. The lowest BCUT2D eigenvalue weighted by Gasteiger charge is -2.28. The number of fused-ring (bicyclic) bond motifs is 8. The van der Waals surface area contributed by atoms with E-state index in [4.69, 9.17) is 4.42 Å². The van der Waals surface area contributed by atoms with E-state index < -0.39 is 0 Å². The highest BCUT2D eigenvalue weighted by Gasteiger charge is 2.19. The maximum atomic E-state index is 6.37. The van der Waals surface area contributed by atoms with Crippen LogP contribution in [-0.4, -0.2) is 0 Å². The van der Waals surface area contributed by atoms with Crippen molar-refractivity contribution in [2.75, 3.05) is 4.90 Å². The van der Waals surface area contributed by atoms with Crippen LogP contribution in [0.4, 0.5) is 17.1 Å².